The van der Waals surface area contributed by atoms with Gasteiger partial charge in [0.05, 0.1) is 6.54 Å². The number of anilines is 2. The molecule has 0 aliphatic rings. The molecule has 0 fully saturated rings. The summed E-state index contributed by atoms with van der Waals surface area (Å²) in [6, 6.07) is 14.4. The molecule has 0 atom stereocenters. The third-order valence-electron chi connectivity index (χ3n) is 2.87. The maximum atomic E-state index is 4.37. The van der Waals surface area contributed by atoms with E-state index < -0.39 is 0 Å². The Morgan fingerprint density at radius 2 is 2.00 bits per heavy atom. The van der Waals surface area contributed by atoms with Crippen molar-refractivity contribution >= 4 is 23.0 Å². The summed E-state index contributed by atoms with van der Waals surface area (Å²) in [6.07, 6.45) is 3.83. The summed E-state index contributed by atoms with van der Waals surface area (Å²) in [5, 5.41) is 3.34. The number of aryl methyl sites for hydroxylation is 1. The van der Waals surface area contributed by atoms with E-state index >= 15 is 0 Å². The second kappa shape index (κ2) is 5.28. The Bertz CT molecular complexity index is 655. The number of rotatable bonds is 4. The van der Waals surface area contributed by atoms with Gasteiger partial charge in [0.2, 0.25) is 5.95 Å². The maximum absolute atomic E-state index is 4.37. The Hall–Kier alpha value is -2.07. The summed E-state index contributed by atoms with van der Waals surface area (Å²) < 4.78 is 2.12. The van der Waals surface area contributed by atoms with Gasteiger partial charge in [-0.05, 0) is 31.2 Å². The average molecular weight is 269 g/mol. The van der Waals surface area contributed by atoms with Crippen molar-refractivity contribution < 1.29 is 0 Å². The lowest BCUT2D eigenvalue weighted by atomic mass is 10.3. The highest BCUT2D eigenvalue weighted by Crippen LogP contribution is 2.20. The third-order valence-corrected chi connectivity index (χ3v) is 3.85. The Morgan fingerprint density at radius 3 is 2.74 bits per heavy atom. The molecule has 2 aromatic heterocycles. The molecule has 2 heterocycles. The molecule has 0 unspecified atom stereocenters. The van der Waals surface area contributed by atoms with Crippen LogP contribution in [0.2, 0.25) is 0 Å². The lowest BCUT2D eigenvalue weighted by Gasteiger charge is -2.08. The van der Waals surface area contributed by atoms with E-state index in [1.165, 1.54) is 9.75 Å². The number of benzene rings is 1. The van der Waals surface area contributed by atoms with Gasteiger partial charge in [0.1, 0.15) is 0 Å². The van der Waals surface area contributed by atoms with Crippen molar-refractivity contribution in [3.05, 3.63) is 64.6 Å². The lowest BCUT2D eigenvalue weighted by Crippen LogP contribution is -2.03. The smallest absolute Gasteiger partial charge is 0.207 e. The SMILES string of the molecule is Cc1ccc(Cn2ccnc2Nc2ccccc2)s1. The molecule has 1 aromatic carbocycles. The minimum Gasteiger partial charge on any atom is -0.326 e. The molecule has 0 amide bonds. The van der Waals surface area contributed by atoms with Crippen LogP contribution in [-0.4, -0.2) is 9.55 Å². The number of para-hydroxylation sites is 1. The Balaban J connectivity index is 1.79. The lowest BCUT2D eigenvalue weighted by molar-refractivity contribution is 0.821. The molecule has 0 bridgehead atoms. The summed E-state index contributed by atoms with van der Waals surface area (Å²) in [5.41, 5.74) is 1.05. The molecule has 19 heavy (non-hydrogen) atoms. The van der Waals surface area contributed by atoms with Crippen molar-refractivity contribution in [2.75, 3.05) is 5.32 Å². The largest absolute Gasteiger partial charge is 0.326 e. The summed E-state index contributed by atoms with van der Waals surface area (Å²) in [4.78, 5) is 7.05. The highest BCUT2D eigenvalue weighted by Gasteiger charge is 2.05. The van der Waals surface area contributed by atoms with Crippen LogP contribution in [0.3, 0.4) is 0 Å². The van der Waals surface area contributed by atoms with Gasteiger partial charge in [-0.3, -0.25) is 0 Å². The van der Waals surface area contributed by atoms with E-state index in [1.807, 2.05) is 54.1 Å². The first-order valence-electron chi connectivity index (χ1n) is 6.20. The van der Waals surface area contributed by atoms with E-state index in [0.29, 0.717) is 0 Å². The fourth-order valence-electron chi connectivity index (χ4n) is 1.95. The molecular formula is C15H15N3S. The van der Waals surface area contributed by atoms with Crippen LogP contribution in [-0.2, 0) is 6.54 Å². The van der Waals surface area contributed by atoms with E-state index in [1.54, 1.807) is 0 Å². The molecule has 1 N–H and O–H groups in total. The number of imidazole rings is 1. The van der Waals surface area contributed by atoms with Crippen molar-refractivity contribution in [2.45, 2.75) is 13.5 Å². The number of nitrogens with zero attached hydrogens (tertiary/aromatic N) is 2. The molecule has 0 aliphatic carbocycles. The highest BCUT2D eigenvalue weighted by molar-refractivity contribution is 7.11. The zero-order chi connectivity index (χ0) is 13.1. The fourth-order valence-corrected chi connectivity index (χ4v) is 2.84. The van der Waals surface area contributed by atoms with E-state index in [-0.39, 0.29) is 0 Å². The molecule has 0 spiro atoms. The molecule has 0 saturated carbocycles. The van der Waals surface area contributed by atoms with Gasteiger partial charge in [0.25, 0.3) is 0 Å². The number of aromatic nitrogens is 2. The van der Waals surface area contributed by atoms with Gasteiger partial charge in [-0.25, -0.2) is 4.98 Å². The molecule has 3 aromatic rings. The molecule has 0 radical (unpaired) electrons. The van der Waals surface area contributed by atoms with Crippen LogP contribution in [0.4, 0.5) is 11.6 Å². The van der Waals surface area contributed by atoms with Gasteiger partial charge in [-0.1, -0.05) is 18.2 Å². The number of thiophene rings is 1. The van der Waals surface area contributed by atoms with Crippen molar-refractivity contribution in [2.24, 2.45) is 0 Å². The fraction of sp³-hybridized carbons (Fsp3) is 0.133. The highest BCUT2D eigenvalue weighted by atomic mass is 32.1. The summed E-state index contributed by atoms with van der Waals surface area (Å²) in [7, 11) is 0. The zero-order valence-electron chi connectivity index (χ0n) is 10.7. The van der Waals surface area contributed by atoms with Gasteiger partial charge in [0, 0.05) is 27.8 Å². The normalized spacial score (nSPS) is 10.6. The second-order valence-corrected chi connectivity index (χ2v) is 5.75. The molecule has 0 saturated heterocycles. The topological polar surface area (TPSA) is 29.9 Å². The van der Waals surface area contributed by atoms with Crippen molar-refractivity contribution in [1.29, 1.82) is 0 Å². The molecule has 3 nitrogen and oxygen atoms in total. The van der Waals surface area contributed by atoms with E-state index in [9.17, 15) is 0 Å². The van der Waals surface area contributed by atoms with Gasteiger partial charge in [-0.15, -0.1) is 11.3 Å². The first-order valence-corrected chi connectivity index (χ1v) is 7.01. The Kier molecular flexibility index (Phi) is 3.33. The van der Waals surface area contributed by atoms with E-state index in [0.717, 1.165) is 18.2 Å². The van der Waals surface area contributed by atoms with Crippen molar-refractivity contribution in [1.82, 2.24) is 9.55 Å². The minimum atomic E-state index is 0.855. The molecule has 4 heteroatoms. The first-order chi connectivity index (χ1) is 9.31. The van der Waals surface area contributed by atoms with Crippen LogP contribution >= 0.6 is 11.3 Å². The van der Waals surface area contributed by atoms with E-state index in [2.05, 4.69) is 33.9 Å². The number of nitrogens with one attached hydrogen (secondary N) is 1. The third kappa shape index (κ3) is 2.85. The van der Waals surface area contributed by atoms with Crippen LogP contribution in [0.1, 0.15) is 9.75 Å². The molecule has 3 rings (SSSR count). The molecular weight excluding hydrogens is 254 g/mol. The van der Waals surface area contributed by atoms with E-state index in [4.69, 9.17) is 0 Å². The summed E-state index contributed by atoms with van der Waals surface area (Å²) in [5.74, 6) is 0.872. The summed E-state index contributed by atoms with van der Waals surface area (Å²) in [6.45, 7) is 2.99. The summed E-state index contributed by atoms with van der Waals surface area (Å²) >= 11 is 1.82. The van der Waals surface area contributed by atoms with Crippen LogP contribution < -0.4 is 5.32 Å². The second-order valence-electron chi connectivity index (χ2n) is 4.38. The first kappa shape index (κ1) is 12.0. The van der Waals surface area contributed by atoms with Gasteiger partial charge in [0.15, 0.2) is 0 Å². The molecule has 96 valence electrons. The Labute approximate surface area is 116 Å². The zero-order valence-corrected chi connectivity index (χ0v) is 11.5. The number of hydrogen-bond acceptors (Lipinski definition) is 3. The van der Waals surface area contributed by atoms with Crippen LogP contribution in [0, 0.1) is 6.92 Å². The van der Waals surface area contributed by atoms with Gasteiger partial charge >= 0.3 is 0 Å². The van der Waals surface area contributed by atoms with Crippen LogP contribution in [0.25, 0.3) is 0 Å². The average Bonchev–Trinajstić information content (AvgIpc) is 3.01. The van der Waals surface area contributed by atoms with Crippen molar-refractivity contribution in [3.63, 3.8) is 0 Å². The monoisotopic (exact) mass is 269 g/mol. The predicted octanol–water partition coefficient (Wildman–Crippen LogP) is 4.04. The predicted molar refractivity (Wildman–Crippen MR) is 80.1 cm³/mol. The van der Waals surface area contributed by atoms with Crippen LogP contribution in [0.5, 0.6) is 0 Å². The maximum Gasteiger partial charge on any atom is 0.207 e. The van der Waals surface area contributed by atoms with Gasteiger partial charge in [-0.2, -0.15) is 0 Å². The Morgan fingerprint density at radius 1 is 1.16 bits per heavy atom. The molecule has 0 aliphatic heterocycles. The van der Waals surface area contributed by atoms with Crippen molar-refractivity contribution in [3.8, 4) is 0 Å². The standard InChI is InChI=1S/C15H15N3S/c1-12-7-8-14(19-12)11-18-10-9-16-15(18)17-13-5-3-2-4-6-13/h2-10H,11H2,1H3,(H,16,17). The minimum absolute atomic E-state index is 0.855. The van der Waals surface area contributed by atoms with Crippen LogP contribution in [0.15, 0.2) is 54.9 Å². The quantitative estimate of drug-likeness (QED) is 0.774. The van der Waals surface area contributed by atoms with Gasteiger partial charge < -0.3 is 9.88 Å². The number of hydrogen-bond donors (Lipinski definition) is 1.